The van der Waals surface area contributed by atoms with E-state index in [0.29, 0.717) is 22.1 Å². The maximum absolute atomic E-state index is 12.2. The van der Waals surface area contributed by atoms with Crippen LogP contribution >= 0.6 is 22.9 Å². The van der Waals surface area contributed by atoms with Gasteiger partial charge in [0.15, 0.2) is 5.78 Å². The molecule has 20 heavy (non-hydrogen) atoms. The van der Waals surface area contributed by atoms with Crippen molar-refractivity contribution in [3.8, 4) is 0 Å². The third-order valence-corrected chi connectivity index (χ3v) is 5.02. The number of nitrogens with zero attached hydrogens (tertiary/aromatic N) is 1. The molecule has 2 amide bonds. The smallest absolute Gasteiger partial charge is 0.233 e. The van der Waals surface area contributed by atoms with Crippen LogP contribution in [0, 0.1) is 11.8 Å². The molecule has 0 N–H and O–H groups in total. The fourth-order valence-electron chi connectivity index (χ4n) is 2.71. The van der Waals surface area contributed by atoms with Crippen LogP contribution in [0.1, 0.15) is 22.5 Å². The van der Waals surface area contributed by atoms with Crippen LogP contribution in [0.15, 0.2) is 24.3 Å². The van der Waals surface area contributed by atoms with E-state index in [1.807, 2.05) is 12.2 Å². The number of Topliss-reactive ketones (excluding diaryl/α,β-unsaturated/α-hetero) is 1. The van der Waals surface area contributed by atoms with Gasteiger partial charge in [-0.2, -0.15) is 0 Å². The molecule has 0 unspecified atom stereocenters. The van der Waals surface area contributed by atoms with Gasteiger partial charge in [0.2, 0.25) is 11.8 Å². The molecule has 1 aliphatic carbocycles. The van der Waals surface area contributed by atoms with E-state index in [4.69, 9.17) is 11.6 Å². The molecule has 0 aromatic carbocycles. The van der Waals surface area contributed by atoms with Gasteiger partial charge in [0, 0.05) is 0 Å². The lowest BCUT2D eigenvalue weighted by atomic mass is 9.85. The monoisotopic (exact) mass is 309 g/mol. The summed E-state index contributed by atoms with van der Waals surface area (Å²) in [5.74, 6) is -1.25. The minimum absolute atomic E-state index is 0.179. The third-order valence-electron chi connectivity index (χ3n) is 3.75. The van der Waals surface area contributed by atoms with Gasteiger partial charge in [0.25, 0.3) is 0 Å². The third kappa shape index (κ3) is 2.21. The second-order valence-corrected chi connectivity index (χ2v) is 6.66. The fourth-order valence-corrected chi connectivity index (χ4v) is 3.68. The Morgan fingerprint density at radius 2 is 1.80 bits per heavy atom. The number of fused-ring (bicyclic) bond motifs is 1. The Labute approximate surface area is 125 Å². The first-order chi connectivity index (χ1) is 9.58. The lowest BCUT2D eigenvalue weighted by molar-refractivity contribution is -0.139. The van der Waals surface area contributed by atoms with Crippen molar-refractivity contribution in [3.63, 3.8) is 0 Å². The maximum atomic E-state index is 12.2. The Kier molecular flexibility index (Phi) is 3.48. The van der Waals surface area contributed by atoms with Crippen molar-refractivity contribution in [1.29, 1.82) is 0 Å². The van der Waals surface area contributed by atoms with Gasteiger partial charge in [-0.05, 0) is 25.0 Å². The molecule has 2 aliphatic rings. The summed E-state index contributed by atoms with van der Waals surface area (Å²) in [6.07, 6.45) is 5.03. The summed E-state index contributed by atoms with van der Waals surface area (Å²) in [4.78, 5) is 38.1. The van der Waals surface area contributed by atoms with Crippen molar-refractivity contribution in [2.75, 3.05) is 6.54 Å². The van der Waals surface area contributed by atoms with Crippen LogP contribution in [0.2, 0.25) is 4.34 Å². The van der Waals surface area contributed by atoms with Crippen LogP contribution in [-0.4, -0.2) is 29.0 Å². The Hall–Kier alpha value is -1.46. The first-order valence-corrected chi connectivity index (χ1v) is 7.56. The predicted octanol–water partition coefficient (Wildman–Crippen LogP) is 2.54. The molecule has 1 saturated heterocycles. The molecule has 1 aliphatic heterocycles. The van der Waals surface area contributed by atoms with Crippen LogP contribution < -0.4 is 0 Å². The van der Waals surface area contributed by atoms with E-state index in [-0.39, 0.29) is 36.0 Å². The van der Waals surface area contributed by atoms with Gasteiger partial charge in [-0.3, -0.25) is 19.3 Å². The predicted molar refractivity (Wildman–Crippen MR) is 75.7 cm³/mol. The zero-order chi connectivity index (χ0) is 14.3. The number of rotatable bonds is 3. The number of hydrogen-bond acceptors (Lipinski definition) is 4. The molecule has 1 fully saturated rings. The molecule has 2 heterocycles. The summed E-state index contributed by atoms with van der Waals surface area (Å²) in [5, 5.41) is 0. The number of thiophene rings is 1. The van der Waals surface area contributed by atoms with Crippen molar-refractivity contribution in [3.05, 3.63) is 33.5 Å². The number of ketones is 1. The molecule has 1 aromatic heterocycles. The van der Waals surface area contributed by atoms with Crippen molar-refractivity contribution in [1.82, 2.24) is 4.90 Å². The Bertz CT molecular complexity index is 596. The van der Waals surface area contributed by atoms with E-state index in [0.717, 1.165) is 16.2 Å². The number of imide groups is 1. The Morgan fingerprint density at radius 3 is 2.30 bits per heavy atom. The van der Waals surface area contributed by atoms with Crippen molar-refractivity contribution < 1.29 is 14.4 Å². The Morgan fingerprint density at radius 1 is 1.20 bits per heavy atom. The lowest BCUT2D eigenvalue weighted by Gasteiger charge is -2.14. The van der Waals surface area contributed by atoms with Gasteiger partial charge in [-0.1, -0.05) is 23.8 Å². The van der Waals surface area contributed by atoms with Gasteiger partial charge in [0.05, 0.1) is 27.6 Å². The number of likely N-dealkylation sites (tertiary alicyclic amines) is 1. The first kappa shape index (κ1) is 13.5. The highest BCUT2D eigenvalue weighted by molar-refractivity contribution is 7.18. The van der Waals surface area contributed by atoms with Crippen molar-refractivity contribution in [2.24, 2.45) is 11.8 Å². The second-order valence-electron chi connectivity index (χ2n) is 4.95. The zero-order valence-corrected chi connectivity index (χ0v) is 12.1. The van der Waals surface area contributed by atoms with Crippen LogP contribution in [-0.2, 0) is 9.59 Å². The molecule has 4 nitrogen and oxygen atoms in total. The average molecular weight is 310 g/mol. The Balaban J connectivity index is 1.76. The molecule has 0 bridgehead atoms. The van der Waals surface area contributed by atoms with Crippen molar-refractivity contribution in [2.45, 2.75) is 12.8 Å². The van der Waals surface area contributed by atoms with E-state index in [9.17, 15) is 14.4 Å². The minimum atomic E-state index is -0.285. The summed E-state index contributed by atoms with van der Waals surface area (Å²) in [5.41, 5.74) is 0. The SMILES string of the molecule is O=C(CN1C(=O)[C@H]2CC=CC[C@H]2C1=O)c1ccc(Cl)s1. The topological polar surface area (TPSA) is 54.5 Å². The zero-order valence-electron chi connectivity index (χ0n) is 10.5. The standard InChI is InChI=1S/C14H12ClNO3S/c15-12-6-5-11(20-12)10(17)7-16-13(18)8-3-1-2-4-9(8)14(16)19/h1-2,5-6,8-9H,3-4,7H2/t8-,9+. The molecule has 0 spiro atoms. The van der Waals surface area contributed by atoms with Gasteiger partial charge in [0.1, 0.15) is 0 Å². The van der Waals surface area contributed by atoms with E-state index in [1.165, 1.54) is 0 Å². The van der Waals surface area contributed by atoms with Crippen LogP contribution in [0.3, 0.4) is 0 Å². The van der Waals surface area contributed by atoms with Gasteiger partial charge in [-0.15, -0.1) is 11.3 Å². The molecule has 104 valence electrons. The van der Waals surface area contributed by atoms with Crippen LogP contribution in [0.25, 0.3) is 0 Å². The van der Waals surface area contributed by atoms with Gasteiger partial charge in [-0.25, -0.2) is 0 Å². The number of amides is 2. The number of halogens is 1. The number of hydrogen-bond donors (Lipinski definition) is 0. The highest BCUT2D eigenvalue weighted by atomic mass is 35.5. The highest BCUT2D eigenvalue weighted by Gasteiger charge is 2.47. The van der Waals surface area contributed by atoms with E-state index < -0.39 is 0 Å². The number of allylic oxidation sites excluding steroid dienone is 2. The number of carbonyl (C=O) groups is 3. The fraction of sp³-hybridized carbons (Fsp3) is 0.357. The van der Waals surface area contributed by atoms with E-state index in [2.05, 4.69) is 0 Å². The maximum Gasteiger partial charge on any atom is 0.233 e. The normalized spacial score (nSPS) is 25.1. The molecular weight excluding hydrogens is 298 g/mol. The number of carbonyl (C=O) groups excluding carboxylic acids is 3. The second kappa shape index (κ2) is 5.14. The highest BCUT2D eigenvalue weighted by Crippen LogP contribution is 2.35. The van der Waals surface area contributed by atoms with Crippen molar-refractivity contribution >= 4 is 40.5 Å². The molecule has 0 radical (unpaired) electrons. The van der Waals surface area contributed by atoms with Crippen LogP contribution in [0.5, 0.6) is 0 Å². The summed E-state index contributed by atoms with van der Waals surface area (Å²) in [6, 6.07) is 3.26. The molecule has 1 aromatic rings. The van der Waals surface area contributed by atoms with Gasteiger partial charge < -0.3 is 0 Å². The largest absolute Gasteiger partial charge is 0.291 e. The summed E-state index contributed by atoms with van der Waals surface area (Å²) in [6.45, 7) is -0.179. The summed E-state index contributed by atoms with van der Waals surface area (Å²) in [7, 11) is 0. The van der Waals surface area contributed by atoms with E-state index >= 15 is 0 Å². The molecular formula is C14H12ClNO3S. The average Bonchev–Trinajstić information content (AvgIpc) is 2.98. The molecule has 2 atom stereocenters. The molecule has 0 saturated carbocycles. The molecule has 6 heteroatoms. The minimum Gasteiger partial charge on any atom is -0.291 e. The molecule has 3 rings (SSSR count). The van der Waals surface area contributed by atoms with Crippen LogP contribution in [0.4, 0.5) is 0 Å². The summed E-state index contributed by atoms with van der Waals surface area (Å²) >= 11 is 6.95. The first-order valence-electron chi connectivity index (χ1n) is 6.36. The lowest BCUT2D eigenvalue weighted by Crippen LogP contribution is -2.35. The summed E-state index contributed by atoms with van der Waals surface area (Å²) < 4.78 is 0.519. The van der Waals surface area contributed by atoms with Gasteiger partial charge >= 0.3 is 0 Å². The quantitative estimate of drug-likeness (QED) is 0.490. The van der Waals surface area contributed by atoms with E-state index in [1.54, 1.807) is 12.1 Å².